The Labute approximate surface area is 117 Å². The molecular formula is C14H21BrN2O. The van der Waals surface area contributed by atoms with Gasteiger partial charge in [0.05, 0.1) is 6.04 Å². The van der Waals surface area contributed by atoms with Crippen LogP contribution in [0.25, 0.3) is 0 Å². The van der Waals surface area contributed by atoms with Crippen LogP contribution in [0.4, 0.5) is 5.69 Å². The fraction of sp³-hybridized carbons (Fsp3) is 0.500. The van der Waals surface area contributed by atoms with E-state index in [1.165, 1.54) is 0 Å². The van der Waals surface area contributed by atoms with Crippen molar-refractivity contribution in [1.29, 1.82) is 0 Å². The number of hydrogen-bond acceptors (Lipinski definition) is 2. The summed E-state index contributed by atoms with van der Waals surface area (Å²) in [4.78, 5) is 12.0. The van der Waals surface area contributed by atoms with Crippen LogP contribution in [0, 0.1) is 19.3 Å². The first-order valence-electron chi connectivity index (χ1n) is 5.96. The van der Waals surface area contributed by atoms with Crippen LogP contribution in [0.15, 0.2) is 16.6 Å². The number of halogens is 1. The number of anilines is 1. The molecule has 0 unspecified atom stereocenters. The zero-order chi connectivity index (χ0) is 14.1. The summed E-state index contributed by atoms with van der Waals surface area (Å²) in [5.74, 6) is -0.149. The fourth-order valence-electron chi connectivity index (χ4n) is 1.63. The van der Waals surface area contributed by atoms with Crippen molar-refractivity contribution in [3.05, 3.63) is 27.7 Å². The molecule has 0 aliphatic rings. The third kappa shape index (κ3) is 3.56. The second-order valence-electron chi connectivity index (χ2n) is 5.76. The lowest BCUT2D eigenvalue weighted by molar-refractivity contribution is -0.119. The second-order valence-corrected chi connectivity index (χ2v) is 6.55. The molecule has 0 aromatic heterocycles. The van der Waals surface area contributed by atoms with Gasteiger partial charge in [-0.2, -0.15) is 0 Å². The van der Waals surface area contributed by atoms with Gasteiger partial charge in [-0.3, -0.25) is 4.79 Å². The van der Waals surface area contributed by atoms with E-state index in [-0.39, 0.29) is 11.3 Å². The summed E-state index contributed by atoms with van der Waals surface area (Å²) in [6, 6.07) is 3.34. The van der Waals surface area contributed by atoms with Crippen molar-refractivity contribution in [3.63, 3.8) is 0 Å². The van der Waals surface area contributed by atoms with Gasteiger partial charge in [0, 0.05) is 10.2 Å². The highest BCUT2D eigenvalue weighted by atomic mass is 79.9. The van der Waals surface area contributed by atoms with Crippen LogP contribution in [-0.4, -0.2) is 11.9 Å². The predicted octanol–water partition coefficient (Wildman–Crippen LogP) is 3.38. The molecule has 1 atom stereocenters. The highest BCUT2D eigenvalue weighted by molar-refractivity contribution is 9.10. The van der Waals surface area contributed by atoms with Gasteiger partial charge in [0.1, 0.15) is 0 Å². The number of carbonyl (C=O) groups excluding carboxylic acids is 1. The Morgan fingerprint density at radius 1 is 1.28 bits per heavy atom. The predicted molar refractivity (Wildman–Crippen MR) is 79.7 cm³/mol. The van der Waals surface area contributed by atoms with Crippen molar-refractivity contribution < 1.29 is 4.79 Å². The summed E-state index contributed by atoms with van der Waals surface area (Å²) in [7, 11) is 0. The Balaban J connectivity index is 2.90. The van der Waals surface area contributed by atoms with Crippen molar-refractivity contribution in [2.24, 2.45) is 11.1 Å². The summed E-state index contributed by atoms with van der Waals surface area (Å²) in [5.41, 5.74) is 8.65. The van der Waals surface area contributed by atoms with Crippen molar-refractivity contribution in [1.82, 2.24) is 0 Å². The molecule has 1 aromatic rings. The van der Waals surface area contributed by atoms with Crippen LogP contribution in [0.5, 0.6) is 0 Å². The molecule has 0 aliphatic carbocycles. The van der Waals surface area contributed by atoms with Crippen molar-refractivity contribution in [2.75, 3.05) is 5.32 Å². The van der Waals surface area contributed by atoms with Gasteiger partial charge in [0.15, 0.2) is 0 Å². The van der Waals surface area contributed by atoms with Crippen LogP contribution in [-0.2, 0) is 4.79 Å². The summed E-state index contributed by atoms with van der Waals surface area (Å²) in [5, 5.41) is 2.87. The van der Waals surface area contributed by atoms with E-state index in [0.717, 1.165) is 21.3 Å². The molecule has 18 heavy (non-hydrogen) atoms. The molecule has 0 saturated carbocycles. The molecule has 3 nitrogen and oxygen atoms in total. The first kappa shape index (κ1) is 15.2. The average Bonchev–Trinajstić information content (AvgIpc) is 2.23. The van der Waals surface area contributed by atoms with Gasteiger partial charge in [-0.1, -0.05) is 36.7 Å². The number of hydrogen-bond donors (Lipinski definition) is 2. The van der Waals surface area contributed by atoms with Gasteiger partial charge in [-0.15, -0.1) is 0 Å². The Hall–Kier alpha value is -0.870. The summed E-state index contributed by atoms with van der Waals surface area (Å²) in [6.45, 7) is 9.85. The number of carbonyl (C=O) groups is 1. The Morgan fingerprint density at radius 3 is 2.11 bits per heavy atom. The molecule has 0 spiro atoms. The van der Waals surface area contributed by atoms with Crippen molar-refractivity contribution in [3.8, 4) is 0 Å². The SMILES string of the molecule is Cc1cc(NC(=O)[C@H](N)C(C)(C)C)cc(C)c1Br. The van der Waals surface area contributed by atoms with Crippen LogP contribution in [0.1, 0.15) is 31.9 Å². The Morgan fingerprint density at radius 2 is 1.72 bits per heavy atom. The van der Waals surface area contributed by atoms with Gasteiger partial charge in [0.2, 0.25) is 5.91 Å². The quantitative estimate of drug-likeness (QED) is 0.879. The van der Waals surface area contributed by atoms with E-state index in [9.17, 15) is 4.79 Å². The Kier molecular flexibility index (Phi) is 4.56. The van der Waals surface area contributed by atoms with E-state index in [1.807, 2.05) is 46.8 Å². The van der Waals surface area contributed by atoms with E-state index in [2.05, 4.69) is 21.2 Å². The molecule has 0 bridgehead atoms. The lowest BCUT2D eigenvalue weighted by Crippen LogP contribution is -2.45. The summed E-state index contributed by atoms with van der Waals surface area (Å²) in [6.07, 6.45) is 0. The minimum absolute atomic E-state index is 0.149. The third-order valence-corrected chi connectivity index (χ3v) is 4.17. The van der Waals surface area contributed by atoms with Gasteiger partial charge in [-0.25, -0.2) is 0 Å². The van der Waals surface area contributed by atoms with Gasteiger partial charge in [-0.05, 0) is 42.5 Å². The summed E-state index contributed by atoms with van der Waals surface area (Å²) >= 11 is 3.50. The molecule has 100 valence electrons. The van der Waals surface area contributed by atoms with Crippen LogP contribution < -0.4 is 11.1 Å². The van der Waals surface area contributed by atoms with Crippen molar-refractivity contribution in [2.45, 2.75) is 40.7 Å². The zero-order valence-corrected chi connectivity index (χ0v) is 13.2. The molecule has 0 aliphatic heterocycles. The number of nitrogens with two attached hydrogens (primary N) is 1. The molecule has 0 fully saturated rings. The highest BCUT2D eigenvalue weighted by Crippen LogP contribution is 2.26. The normalized spacial score (nSPS) is 13.3. The maximum Gasteiger partial charge on any atom is 0.241 e. The van der Waals surface area contributed by atoms with E-state index in [4.69, 9.17) is 5.73 Å². The lowest BCUT2D eigenvalue weighted by atomic mass is 9.87. The zero-order valence-electron chi connectivity index (χ0n) is 11.6. The summed E-state index contributed by atoms with van der Waals surface area (Å²) < 4.78 is 1.07. The second kappa shape index (κ2) is 5.41. The molecule has 1 aromatic carbocycles. The first-order valence-corrected chi connectivity index (χ1v) is 6.75. The third-order valence-electron chi connectivity index (χ3n) is 2.92. The molecule has 0 radical (unpaired) electrons. The number of aryl methyl sites for hydroxylation is 2. The number of nitrogens with one attached hydrogen (secondary N) is 1. The minimum atomic E-state index is -0.526. The minimum Gasteiger partial charge on any atom is -0.325 e. The number of amides is 1. The monoisotopic (exact) mass is 312 g/mol. The molecule has 0 heterocycles. The largest absolute Gasteiger partial charge is 0.325 e. The Bertz CT molecular complexity index is 440. The number of benzene rings is 1. The van der Waals surface area contributed by atoms with E-state index < -0.39 is 6.04 Å². The average molecular weight is 313 g/mol. The van der Waals surface area contributed by atoms with Gasteiger partial charge in [0.25, 0.3) is 0 Å². The topological polar surface area (TPSA) is 55.1 Å². The van der Waals surface area contributed by atoms with Gasteiger partial charge >= 0.3 is 0 Å². The van der Waals surface area contributed by atoms with E-state index in [0.29, 0.717) is 0 Å². The number of rotatable bonds is 2. The first-order chi connectivity index (χ1) is 8.12. The molecule has 4 heteroatoms. The lowest BCUT2D eigenvalue weighted by Gasteiger charge is -2.26. The fourth-order valence-corrected chi connectivity index (χ4v) is 1.86. The van der Waals surface area contributed by atoms with E-state index in [1.54, 1.807) is 0 Å². The molecule has 1 rings (SSSR count). The maximum absolute atomic E-state index is 12.0. The molecule has 3 N–H and O–H groups in total. The van der Waals surface area contributed by atoms with Gasteiger partial charge < -0.3 is 11.1 Å². The van der Waals surface area contributed by atoms with E-state index >= 15 is 0 Å². The molecular weight excluding hydrogens is 292 g/mol. The van der Waals surface area contributed by atoms with Crippen molar-refractivity contribution >= 4 is 27.5 Å². The maximum atomic E-state index is 12.0. The van der Waals surface area contributed by atoms with Crippen LogP contribution in [0.2, 0.25) is 0 Å². The molecule has 1 amide bonds. The molecule has 0 saturated heterocycles. The standard InChI is InChI=1S/C14H21BrN2O/c1-8-6-10(7-9(2)11(8)15)17-13(18)12(16)14(3,4)5/h6-7,12H,16H2,1-5H3,(H,17,18)/t12-/m0/s1. The highest BCUT2D eigenvalue weighted by Gasteiger charge is 2.27. The van der Waals surface area contributed by atoms with Crippen LogP contribution in [0.3, 0.4) is 0 Å². The smallest absolute Gasteiger partial charge is 0.241 e. The van der Waals surface area contributed by atoms with Crippen LogP contribution >= 0.6 is 15.9 Å².